The van der Waals surface area contributed by atoms with Crippen LogP contribution in [-0.2, 0) is 27.1 Å². The van der Waals surface area contributed by atoms with Crippen molar-refractivity contribution >= 4 is 57.2 Å². The molecule has 1 aliphatic carbocycles. The molecule has 0 aromatic heterocycles. The lowest BCUT2D eigenvalue weighted by Crippen LogP contribution is -2.60. The standard InChI is InChI=1S/C61H65BN2O/c1-57(2,3)38-22-29-42(30-23-38)63(43-31-24-39(25-32-43)58(4,5)6)50-37-48-56(53-45-18-15-16-19-46(45)61(13,14)54(50)53)64(44-33-26-40(27-34-44)59(7,8)9)49-20-17-21-52-55(49)62(48)47-36-41(60(10,11)12)28-35-51(47)65-52/h15-37H,1-14H3. The molecule has 328 valence electrons. The maximum atomic E-state index is 6.99. The van der Waals surface area contributed by atoms with Crippen molar-refractivity contribution in [2.24, 2.45) is 0 Å². The highest BCUT2D eigenvalue weighted by molar-refractivity contribution is 6.99. The van der Waals surface area contributed by atoms with Gasteiger partial charge in [-0.05, 0) is 138 Å². The van der Waals surface area contributed by atoms with E-state index in [0.29, 0.717) is 0 Å². The van der Waals surface area contributed by atoms with E-state index in [9.17, 15) is 0 Å². The Kier molecular flexibility index (Phi) is 9.58. The number of rotatable bonds is 4. The van der Waals surface area contributed by atoms with Gasteiger partial charge in [-0.2, -0.15) is 0 Å². The Labute approximate surface area is 389 Å². The minimum atomic E-state index is -0.331. The van der Waals surface area contributed by atoms with E-state index in [2.05, 4.69) is 246 Å². The fourth-order valence-electron chi connectivity index (χ4n) is 10.8. The topological polar surface area (TPSA) is 15.7 Å². The Hall–Kier alpha value is -6.00. The lowest BCUT2D eigenvalue weighted by molar-refractivity contribution is 0.486. The van der Waals surface area contributed by atoms with E-state index < -0.39 is 0 Å². The molecule has 7 aromatic rings. The average Bonchev–Trinajstić information content (AvgIpc) is 3.49. The summed E-state index contributed by atoms with van der Waals surface area (Å²) in [5.74, 6) is 1.84. The first-order valence-corrected chi connectivity index (χ1v) is 23.7. The lowest BCUT2D eigenvalue weighted by atomic mass is 9.33. The van der Waals surface area contributed by atoms with Crippen molar-refractivity contribution in [3.63, 3.8) is 0 Å². The van der Waals surface area contributed by atoms with Crippen LogP contribution < -0.4 is 30.9 Å². The van der Waals surface area contributed by atoms with Crippen molar-refractivity contribution in [1.29, 1.82) is 0 Å². The van der Waals surface area contributed by atoms with Crippen molar-refractivity contribution in [3.05, 3.63) is 173 Å². The predicted octanol–water partition coefficient (Wildman–Crippen LogP) is 15.1. The van der Waals surface area contributed by atoms with Crippen molar-refractivity contribution in [2.45, 2.75) is 124 Å². The van der Waals surface area contributed by atoms with Crippen LogP contribution in [0.25, 0.3) is 11.1 Å². The summed E-state index contributed by atoms with van der Waals surface area (Å²) < 4.78 is 6.99. The molecule has 0 atom stereocenters. The summed E-state index contributed by atoms with van der Waals surface area (Å²) in [6.45, 7) is 32.4. The summed E-state index contributed by atoms with van der Waals surface area (Å²) >= 11 is 0. The number of hydrogen-bond donors (Lipinski definition) is 0. The first-order valence-electron chi connectivity index (χ1n) is 23.7. The zero-order valence-corrected chi connectivity index (χ0v) is 41.2. The fourth-order valence-corrected chi connectivity index (χ4v) is 10.8. The van der Waals surface area contributed by atoms with Crippen LogP contribution in [0, 0.1) is 0 Å². The Morgan fingerprint density at radius 2 is 1.03 bits per heavy atom. The molecule has 3 nitrogen and oxygen atoms in total. The fraction of sp³-hybridized carbons (Fsp3) is 0.311. The van der Waals surface area contributed by atoms with Crippen molar-refractivity contribution in [3.8, 4) is 22.6 Å². The monoisotopic (exact) mass is 853 g/mol. The first-order chi connectivity index (χ1) is 30.5. The molecular weight excluding hydrogens is 787 g/mol. The molecule has 0 fully saturated rings. The molecule has 10 rings (SSSR count). The molecule has 3 aliphatic rings. The van der Waals surface area contributed by atoms with Crippen LogP contribution in [0.3, 0.4) is 0 Å². The van der Waals surface area contributed by atoms with Gasteiger partial charge in [0.15, 0.2) is 0 Å². The molecule has 0 N–H and O–H groups in total. The van der Waals surface area contributed by atoms with E-state index in [1.807, 2.05) is 0 Å². The predicted molar refractivity (Wildman–Crippen MR) is 279 cm³/mol. The molecule has 2 heterocycles. The van der Waals surface area contributed by atoms with Crippen LogP contribution in [0.15, 0.2) is 140 Å². The van der Waals surface area contributed by atoms with Gasteiger partial charge in [-0.1, -0.05) is 176 Å². The molecule has 0 bridgehead atoms. The van der Waals surface area contributed by atoms with Crippen LogP contribution in [0.4, 0.5) is 34.1 Å². The highest BCUT2D eigenvalue weighted by Gasteiger charge is 2.49. The van der Waals surface area contributed by atoms with Crippen LogP contribution in [-0.4, -0.2) is 6.71 Å². The van der Waals surface area contributed by atoms with Gasteiger partial charge < -0.3 is 14.5 Å². The maximum Gasteiger partial charge on any atom is 0.256 e. The number of benzene rings is 7. The van der Waals surface area contributed by atoms with E-state index in [0.717, 1.165) is 28.6 Å². The van der Waals surface area contributed by atoms with Gasteiger partial charge in [0.05, 0.1) is 5.69 Å². The van der Waals surface area contributed by atoms with Gasteiger partial charge in [0.2, 0.25) is 0 Å². The molecule has 0 amide bonds. The molecule has 0 saturated carbocycles. The summed E-state index contributed by atoms with van der Waals surface area (Å²) in [6, 6.07) is 53.4. The maximum absolute atomic E-state index is 6.99. The summed E-state index contributed by atoms with van der Waals surface area (Å²) in [5, 5.41) is 0. The van der Waals surface area contributed by atoms with Gasteiger partial charge in [-0.3, -0.25) is 0 Å². The molecule has 0 spiro atoms. The highest BCUT2D eigenvalue weighted by Crippen LogP contribution is 2.59. The van der Waals surface area contributed by atoms with Crippen molar-refractivity contribution in [2.75, 3.05) is 9.80 Å². The van der Waals surface area contributed by atoms with Gasteiger partial charge >= 0.3 is 0 Å². The van der Waals surface area contributed by atoms with Gasteiger partial charge in [0, 0.05) is 39.4 Å². The zero-order chi connectivity index (χ0) is 46.2. The van der Waals surface area contributed by atoms with E-state index in [-0.39, 0.29) is 33.8 Å². The van der Waals surface area contributed by atoms with E-state index in [4.69, 9.17) is 4.74 Å². The van der Waals surface area contributed by atoms with E-state index >= 15 is 0 Å². The second-order valence-corrected chi connectivity index (χ2v) is 23.5. The molecule has 4 heteroatoms. The van der Waals surface area contributed by atoms with E-state index in [1.165, 1.54) is 78.0 Å². The summed E-state index contributed by atoms with van der Waals surface area (Å²) in [6.07, 6.45) is 0. The minimum Gasteiger partial charge on any atom is -0.458 e. The number of fused-ring (bicyclic) bond motifs is 8. The molecule has 0 saturated heterocycles. The zero-order valence-electron chi connectivity index (χ0n) is 41.2. The minimum absolute atomic E-state index is 0.0242. The molecule has 0 unspecified atom stereocenters. The second-order valence-electron chi connectivity index (χ2n) is 23.5. The largest absolute Gasteiger partial charge is 0.458 e. The van der Waals surface area contributed by atoms with Gasteiger partial charge in [0.1, 0.15) is 11.5 Å². The van der Waals surface area contributed by atoms with Crippen LogP contribution >= 0.6 is 0 Å². The normalized spacial score (nSPS) is 14.8. The van der Waals surface area contributed by atoms with Gasteiger partial charge in [0.25, 0.3) is 6.71 Å². The molecule has 2 aliphatic heterocycles. The smallest absolute Gasteiger partial charge is 0.256 e. The third-order valence-electron chi connectivity index (χ3n) is 14.5. The molecule has 65 heavy (non-hydrogen) atoms. The number of nitrogens with zero attached hydrogens (tertiary/aromatic N) is 2. The third kappa shape index (κ3) is 6.93. The second kappa shape index (κ2) is 14.5. The van der Waals surface area contributed by atoms with Crippen LogP contribution in [0.2, 0.25) is 0 Å². The molecule has 7 aromatic carbocycles. The van der Waals surface area contributed by atoms with Gasteiger partial charge in [-0.25, -0.2) is 0 Å². The molecular formula is C61H65BN2O. The average molecular weight is 853 g/mol. The molecule has 0 radical (unpaired) electrons. The Morgan fingerprint density at radius 3 is 1.58 bits per heavy atom. The lowest BCUT2D eigenvalue weighted by Gasteiger charge is -2.43. The van der Waals surface area contributed by atoms with E-state index in [1.54, 1.807) is 0 Å². The SMILES string of the molecule is CC(C)(C)c1ccc(N(c2ccc(C(C)(C)C)cc2)c2cc3c(c4c2C(C)(C)c2ccccc2-4)N(c2ccc(C(C)(C)C)cc2)c2cccc4c2B3c2cc(C(C)(C)C)ccc2O4)cc1. The number of hydrogen-bond acceptors (Lipinski definition) is 3. The summed E-state index contributed by atoms with van der Waals surface area (Å²) in [7, 11) is 0. The number of anilines is 6. The number of ether oxygens (including phenoxy) is 1. The van der Waals surface area contributed by atoms with Gasteiger partial charge in [-0.15, -0.1) is 0 Å². The highest BCUT2D eigenvalue weighted by atomic mass is 16.5. The summed E-state index contributed by atoms with van der Waals surface area (Å²) in [5.41, 5.74) is 21.0. The quantitative estimate of drug-likeness (QED) is 0.164. The van der Waals surface area contributed by atoms with Crippen LogP contribution in [0.1, 0.15) is 130 Å². The Bertz CT molecular complexity index is 2940. The van der Waals surface area contributed by atoms with Crippen LogP contribution in [0.5, 0.6) is 11.5 Å². The first kappa shape index (κ1) is 42.9. The summed E-state index contributed by atoms with van der Waals surface area (Å²) in [4.78, 5) is 5.13. The van der Waals surface area contributed by atoms with Crippen molar-refractivity contribution < 1.29 is 4.74 Å². The third-order valence-corrected chi connectivity index (χ3v) is 14.5. The Morgan fingerprint density at radius 1 is 0.508 bits per heavy atom. The Balaban J connectivity index is 1.36. The van der Waals surface area contributed by atoms with Crippen molar-refractivity contribution in [1.82, 2.24) is 0 Å².